The highest BCUT2D eigenvalue weighted by Crippen LogP contribution is 2.33. The summed E-state index contributed by atoms with van der Waals surface area (Å²) in [4.78, 5) is 7.15. The molecule has 0 spiro atoms. The lowest BCUT2D eigenvalue weighted by atomic mass is 9.80. The molecule has 2 fully saturated rings. The monoisotopic (exact) mass is 545 g/mol. The van der Waals surface area contributed by atoms with Crippen LogP contribution in [-0.4, -0.2) is 77.6 Å². The van der Waals surface area contributed by atoms with Crippen LogP contribution in [0.3, 0.4) is 0 Å². The summed E-state index contributed by atoms with van der Waals surface area (Å²) in [6, 6.07) is 0. The van der Waals surface area contributed by atoms with Crippen LogP contribution in [0.15, 0.2) is 4.99 Å². The van der Waals surface area contributed by atoms with Crippen molar-refractivity contribution in [1.82, 2.24) is 30.3 Å². The average Bonchev–Trinajstić information content (AvgIpc) is 3.03. The number of hydrogen-bond acceptors (Lipinski definition) is 5. The van der Waals surface area contributed by atoms with Gasteiger partial charge in [0.25, 0.3) is 0 Å². The third kappa shape index (κ3) is 6.31. The van der Waals surface area contributed by atoms with Crippen LogP contribution in [0.4, 0.5) is 0 Å². The number of halogens is 1. The molecule has 3 aliphatic rings. The molecule has 1 aromatic rings. The van der Waals surface area contributed by atoms with Gasteiger partial charge in [-0.3, -0.25) is 9.89 Å². The van der Waals surface area contributed by atoms with Crippen LogP contribution in [0.25, 0.3) is 0 Å². The molecule has 1 saturated carbocycles. The summed E-state index contributed by atoms with van der Waals surface area (Å²) in [6.45, 7) is 6.65. The molecule has 1 aromatic heterocycles. The number of aliphatic imine (C=N–C) groups is 1. The molecule has 2 N–H and O–H groups in total. The minimum absolute atomic E-state index is 0. The smallest absolute Gasteiger partial charge is 0.191 e. The lowest BCUT2D eigenvalue weighted by Crippen LogP contribution is -2.60. The van der Waals surface area contributed by atoms with Crippen molar-refractivity contribution in [2.24, 2.45) is 4.99 Å². The first kappa shape index (κ1) is 24.7. The highest BCUT2D eigenvalue weighted by atomic mass is 127. The van der Waals surface area contributed by atoms with E-state index in [-0.39, 0.29) is 29.5 Å². The summed E-state index contributed by atoms with van der Waals surface area (Å²) < 4.78 is 7.94. The van der Waals surface area contributed by atoms with Crippen molar-refractivity contribution in [3.8, 4) is 0 Å². The Bertz CT molecular complexity index is 696. The minimum atomic E-state index is 0. The lowest BCUT2D eigenvalue weighted by molar-refractivity contribution is -0.0352. The number of fused-ring (bicyclic) bond motifs is 1. The second-order valence-corrected chi connectivity index (χ2v) is 8.98. The van der Waals surface area contributed by atoms with Crippen molar-refractivity contribution in [2.75, 3.05) is 46.4 Å². The molecule has 0 bridgehead atoms. The molecule has 0 radical (unpaired) electrons. The number of ether oxygens (including phenoxy) is 1. The Kier molecular flexibility index (Phi) is 9.83. The fourth-order valence-corrected chi connectivity index (χ4v) is 5.34. The molecule has 176 valence electrons. The van der Waals surface area contributed by atoms with E-state index >= 15 is 0 Å². The number of aryl methyl sites for hydroxylation is 1. The number of rotatable bonds is 6. The molecular formula is C22H40IN7O. The summed E-state index contributed by atoms with van der Waals surface area (Å²) in [7, 11) is 1.86. The zero-order valence-electron chi connectivity index (χ0n) is 19.1. The zero-order chi connectivity index (χ0) is 20.7. The highest BCUT2D eigenvalue weighted by molar-refractivity contribution is 14.0. The van der Waals surface area contributed by atoms with E-state index in [1.165, 1.54) is 51.4 Å². The van der Waals surface area contributed by atoms with E-state index in [0.29, 0.717) is 0 Å². The number of nitrogens with one attached hydrogen (secondary N) is 2. The molecule has 0 amide bonds. The van der Waals surface area contributed by atoms with Gasteiger partial charge in [-0.1, -0.05) is 25.7 Å². The molecule has 3 heterocycles. The van der Waals surface area contributed by atoms with E-state index in [2.05, 4.69) is 35.3 Å². The van der Waals surface area contributed by atoms with Gasteiger partial charge in [0.1, 0.15) is 11.6 Å². The molecule has 4 rings (SSSR count). The van der Waals surface area contributed by atoms with Crippen molar-refractivity contribution < 1.29 is 4.74 Å². The van der Waals surface area contributed by atoms with Crippen molar-refractivity contribution in [3.05, 3.63) is 11.6 Å². The van der Waals surface area contributed by atoms with Crippen LogP contribution in [0.2, 0.25) is 0 Å². The van der Waals surface area contributed by atoms with Crippen LogP contribution >= 0.6 is 24.0 Å². The maximum absolute atomic E-state index is 5.61. The van der Waals surface area contributed by atoms with Gasteiger partial charge in [0.15, 0.2) is 5.96 Å². The van der Waals surface area contributed by atoms with Crippen molar-refractivity contribution in [2.45, 2.75) is 76.3 Å². The third-order valence-electron chi connectivity index (χ3n) is 7.10. The minimum Gasteiger partial charge on any atom is -0.379 e. The van der Waals surface area contributed by atoms with Gasteiger partial charge in [0.2, 0.25) is 0 Å². The van der Waals surface area contributed by atoms with Crippen LogP contribution in [0.1, 0.15) is 63.0 Å². The summed E-state index contributed by atoms with van der Waals surface area (Å²) in [5.74, 6) is 3.16. The maximum atomic E-state index is 5.61. The normalized spacial score (nSPS) is 22.2. The quantitative estimate of drug-likeness (QED) is 0.325. The molecule has 2 aliphatic heterocycles. The molecular weight excluding hydrogens is 505 g/mol. The molecule has 1 aliphatic carbocycles. The second-order valence-electron chi connectivity index (χ2n) is 8.98. The molecule has 8 nitrogen and oxygen atoms in total. The van der Waals surface area contributed by atoms with Gasteiger partial charge < -0.3 is 19.9 Å². The average molecular weight is 546 g/mol. The predicted molar refractivity (Wildman–Crippen MR) is 134 cm³/mol. The van der Waals surface area contributed by atoms with Gasteiger partial charge in [-0.15, -0.1) is 34.2 Å². The largest absolute Gasteiger partial charge is 0.379 e. The number of morpholine rings is 1. The Morgan fingerprint density at radius 2 is 1.77 bits per heavy atom. The van der Waals surface area contributed by atoms with Crippen LogP contribution in [0.5, 0.6) is 0 Å². The van der Waals surface area contributed by atoms with Crippen LogP contribution in [0, 0.1) is 0 Å². The second kappa shape index (κ2) is 12.3. The van der Waals surface area contributed by atoms with E-state index in [9.17, 15) is 0 Å². The van der Waals surface area contributed by atoms with Crippen molar-refractivity contribution in [3.63, 3.8) is 0 Å². The Morgan fingerprint density at radius 1 is 1.00 bits per heavy atom. The summed E-state index contributed by atoms with van der Waals surface area (Å²) in [5.41, 5.74) is 0.240. The van der Waals surface area contributed by atoms with E-state index in [4.69, 9.17) is 4.74 Å². The van der Waals surface area contributed by atoms with E-state index in [0.717, 1.165) is 76.4 Å². The van der Waals surface area contributed by atoms with Crippen molar-refractivity contribution >= 4 is 29.9 Å². The Morgan fingerprint density at radius 3 is 2.55 bits per heavy atom. The first-order valence-electron chi connectivity index (χ1n) is 12.0. The van der Waals surface area contributed by atoms with Gasteiger partial charge in [-0.25, -0.2) is 0 Å². The highest BCUT2D eigenvalue weighted by Gasteiger charge is 2.38. The molecule has 0 aromatic carbocycles. The van der Waals surface area contributed by atoms with Crippen LogP contribution < -0.4 is 10.6 Å². The van der Waals surface area contributed by atoms with Gasteiger partial charge in [-0.2, -0.15) is 0 Å². The van der Waals surface area contributed by atoms with E-state index in [1.54, 1.807) is 0 Å². The maximum Gasteiger partial charge on any atom is 0.191 e. The molecule has 31 heavy (non-hydrogen) atoms. The number of aromatic nitrogens is 3. The first-order valence-corrected chi connectivity index (χ1v) is 12.0. The Labute approximate surface area is 204 Å². The predicted octanol–water partition coefficient (Wildman–Crippen LogP) is 2.37. The SMILES string of the molecule is CN=C(NCCc1nnc2n1CCCCC2)NCC1(N2CCOCC2)CCCCC1.I. The molecule has 0 unspecified atom stereocenters. The van der Waals surface area contributed by atoms with Gasteiger partial charge in [-0.05, 0) is 25.7 Å². The number of guanidine groups is 1. The molecule has 1 saturated heterocycles. The van der Waals surface area contributed by atoms with E-state index < -0.39 is 0 Å². The summed E-state index contributed by atoms with van der Waals surface area (Å²) in [6.07, 6.45) is 12.2. The molecule has 9 heteroatoms. The molecule has 0 atom stereocenters. The van der Waals surface area contributed by atoms with E-state index in [1.807, 2.05) is 7.05 Å². The Balaban J connectivity index is 0.00000272. The van der Waals surface area contributed by atoms with Crippen molar-refractivity contribution in [1.29, 1.82) is 0 Å². The summed E-state index contributed by atoms with van der Waals surface area (Å²) >= 11 is 0. The third-order valence-corrected chi connectivity index (χ3v) is 7.10. The first-order chi connectivity index (χ1) is 14.8. The number of hydrogen-bond donors (Lipinski definition) is 2. The zero-order valence-corrected chi connectivity index (χ0v) is 21.4. The summed E-state index contributed by atoms with van der Waals surface area (Å²) in [5, 5.41) is 16.0. The topological polar surface area (TPSA) is 79.6 Å². The number of nitrogens with zero attached hydrogens (tertiary/aromatic N) is 5. The van der Waals surface area contributed by atoms with Gasteiger partial charge in [0, 0.05) is 58.2 Å². The van der Waals surface area contributed by atoms with Gasteiger partial charge in [0.05, 0.1) is 13.2 Å². The van der Waals surface area contributed by atoms with Crippen LogP contribution in [-0.2, 0) is 24.1 Å². The fraction of sp³-hybridized carbons (Fsp3) is 0.864. The Hall–Kier alpha value is -0.940. The standard InChI is InChI=1S/C22H39N7O.HI/c1-23-21(24-12-9-20-27-26-19-8-4-2-7-13-29(19)20)25-18-22(10-5-3-6-11-22)28-14-16-30-17-15-28;/h2-18H2,1H3,(H2,23,24,25);1H. The fourth-order valence-electron chi connectivity index (χ4n) is 5.34. The van der Waals surface area contributed by atoms with Gasteiger partial charge >= 0.3 is 0 Å². The lowest BCUT2D eigenvalue weighted by Gasteiger charge is -2.48.